The molecule has 0 amide bonds. The summed E-state index contributed by atoms with van der Waals surface area (Å²) in [7, 11) is 0. The third kappa shape index (κ3) is 2.64. The molecule has 0 aliphatic rings. The normalized spacial score (nSPS) is 11.8. The van der Waals surface area contributed by atoms with Crippen molar-refractivity contribution in [2.45, 2.75) is 12.6 Å². The Hall–Kier alpha value is -1.56. The van der Waals surface area contributed by atoms with Crippen LogP contribution in [0.1, 0.15) is 11.5 Å². The van der Waals surface area contributed by atoms with Gasteiger partial charge in [-0.1, -0.05) is 12.1 Å². The Morgan fingerprint density at radius 3 is 2.56 bits per heavy atom. The predicted octanol–water partition coefficient (Wildman–Crippen LogP) is 3.54. The molecular weight excluding hydrogens is 269 g/mol. The summed E-state index contributed by atoms with van der Waals surface area (Å²) in [6.07, 6.45) is -4.14. The van der Waals surface area contributed by atoms with Crippen LogP contribution in [-0.2, 0) is 12.6 Å². The summed E-state index contributed by atoms with van der Waals surface area (Å²) in [5.41, 5.74) is -0.926. The van der Waals surface area contributed by atoms with E-state index in [0.29, 0.717) is 6.42 Å². The molecule has 0 fully saturated rings. The van der Waals surface area contributed by atoms with Gasteiger partial charge in [0.25, 0.3) is 0 Å². The van der Waals surface area contributed by atoms with Gasteiger partial charge in [-0.3, -0.25) is 0 Å². The molecule has 7 heteroatoms. The second-order valence-corrected chi connectivity index (χ2v) is 3.86. The summed E-state index contributed by atoms with van der Waals surface area (Å²) in [5.74, 6) is 0.336. The maximum Gasteiger partial charge on any atom is 0.417 e. The predicted molar refractivity (Wildman–Crippen MR) is 59.2 cm³/mol. The fourth-order valence-electron chi connectivity index (χ4n) is 1.46. The number of aryl methyl sites for hydroxylation is 1. The molecule has 2 aromatic rings. The minimum absolute atomic E-state index is 0.127. The van der Waals surface area contributed by atoms with E-state index < -0.39 is 11.7 Å². The summed E-state index contributed by atoms with van der Waals surface area (Å²) in [5, 5.41) is 7.24. The van der Waals surface area contributed by atoms with E-state index in [1.165, 1.54) is 18.2 Å². The summed E-state index contributed by atoms with van der Waals surface area (Å²) in [6, 6.07) is 5.06. The molecule has 1 aromatic heterocycles. The number of rotatable bonds is 3. The fraction of sp³-hybridized carbons (Fsp3) is 0.273. The summed E-state index contributed by atoms with van der Waals surface area (Å²) < 4.78 is 43.5. The first kappa shape index (κ1) is 12.9. The Morgan fingerprint density at radius 2 is 1.89 bits per heavy atom. The van der Waals surface area contributed by atoms with Gasteiger partial charge in [-0.15, -0.1) is 21.8 Å². The first-order valence-electron chi connectivity index (χ1n) is 5.07. The van der Waals surface area contributed by atoms with Gasteiger partial charge in [-0.25, -0.2) is 0 Å². The molecule has 0 saturated carbocycles. The van der Waals surface area contributed by atoms with E-state index in [4.69, 9.17) is 16.0 Å². The maximum atomic E-state index is 12.8. The highest BCUT2D eigenvalue weighted by atomic mass is 35.5. The molecule has 0 unspecified atom stereocenters. The van der Waals surface area contributed by atoms with Gasteiger partial charge in [0.05, 0.1) is 11.1 Å². The molecule has 1 aromatic carbocycles. The molecule has 1 heterocycles. The van der Waals surface area contributed by atoms with Crippen LogP contribution in [0.15, 0.2) is 28.7 Å². The zero-order valence-corrected chi connectivity index (χ0v) is 9.79. The second-order valence-electron chi connectivity index (χ2n) is 3.48. The van der Waals surface area contributed by atoms with Crippen molar-refractivity contribution in [3.63, 3.8) is 0 Å². The zero-order chi connectivity index (χ0) is 13.2. The van der Waals surface area contributed by atoms with Crippen molar-refractivity contribution in [2.75, 3.05) is 5.88 Å². The molecule has 0 N–H and O–H groups in total. The Labute approximate surface area is 106 Å². The lowest BCUT2D eigenvalue weighted by Gasteiger charge is -2.09. The van der Waals surface area contributed by atoms with Gasteiger partial charge in [0.2, 0.25) is 11.8 Å². The molecular formula is C11H8ClF3N2O. The van der Waals surface area contributed by atoms with Crippen molar-refractivity contribution in [2.24, 2.45) is 0 Å². The number of benzene rings is 1. The lowest BCUT2D eigenvalue weighted by molar-refractivity contribution is -0.137. The standard InChI is InChI=1S/C11H8ClF3N2O/c12-6-5-9-16-17-10(18-9)7-3-1-2-4-8(7)11(13,14)15/h1-4H,5-6H2. The zero-order valence-electron chi connectivity index (χ0n) is 9.04. The molecule has 0 radical (unpaired) electrons. The quantitative estimate of drug-likeness (QED) is 0.805. The van der Waals surface area contributed by atoms with Crippen LogP contribution < -0.4 is 0 Å². The van der Waals surface area contributed by atoms with Gasteiger partial charge in [-0.05, 0) is 12.1 Å². The molecule has 0 bridgehead atoms. The largest absolute Gasteiger partial charge is 0.421 e. The van der Waals surface area contributed by atoms with E-state index >= 15 is 0 Å². The summed E-state index contributed by atoms with van der Waals surface area (Å²) in [6.45, 7) is 0. The number of alkyl halides is 4. The summed E-state index contributed by atoms with van der Waals surface area (Å²) >= 11 is 5.49. The van der Waals surface area contributed by atoms with Crippen molar-refractivity contribution in [1.29, 1.82) is 0 Å². The maximum absolute atomic E-state index is 12.8. The van der Waals surface area contributed by atoms with Gasteiger partial charge in [0, 0.05) is 12.3 Å². The van der Waals surface area contributed by atoms with Gasteiger partial charge in [0.1, 0.15) is 0 Å². The van der Waals surface area contributed by atoms with Crippen LogP contribution in [-0.4, -0.2) is 16.1 Å². The van der Waals surface area contributed by atoms with Gasteiger partial charge >= 0.3 is 6.18 Å². The van der Waals surface area contributed by atoms with Crippen molar-refractivity contribution < 1.29 is 17.6 Å². The lowest BCUT2D eigenvalue weighted by atomic mass is 10.1. The number of halogens is 4. The van der Waals surface area contributed by atoms with Gasteiger partial charge < -0.3 is 4.42 Å². The molecule has 0 spiro atoms. The highest BCUT2D eigenvalue weighted by Crippen LogP contribution is 2.36. The van der Waals surface area contributed by atoms with Gasteiger partial charge in [0.15, 0.2) is 0 Å². The molecule has 2 rings (SSSR count). The third-order valence-electron chi connectivity index (χ3n) is 2.24. The van der Waals surface area contributed by atoms with Crippen LogP contribution in [0.5, 0.6) is 0 Å². The first-order valence-corrected chi connectivity index (χ1v) is 5.61. The van der Waals surface area contributed by atoms with E-state index in [-0.39, 0.29) is 23.2 Å². The van der Waals surface area contributed by atoms with Crippen LogP contribution in [0.3, 0.4) is 0 Å². The average Bonchev–Trinajstić information content (AvgIpc) is 2.77. The highest BCUT2D eigenvalue weighted by molar-refractivity contribution is 6.17. The van der Waals surface area contributed by atoms with Crippen LogP contribution in [0.2, 0.25) is 0 Å². The van der Waals surface area contributed by atoms with E-state index in [0.717, 1.165) is 6.07 Å². The van der Waals surface area contributed by atoms with Crippen molar-refractivity contribution in [1.82, 2.24) is 10.2 Å². The third-order valence-corrected chi connectivity index (χ3v) is 2.43. The molecule has 0 atom stereocenters. The minimum atomic E-state index is -4.46. The lowest BCUT2D eigenvalue weighted by Crippen LogP contribution is -2.06. The van der Waals surface area contributed by atoms with Crippen LogP contribution in [0, 0.1) is 0 Å². The molecule has 0 saturated heterocycles. The number of hydrogen-bond acceptors (Lipinski definition) is 3. The Kier molecular flexibility index (Phi) is 3.56. The van der Waals surface area contributed by atoms with Crippen molar-refractivity contribution in [3.8, 4) is 11.5 Å². The monoisotopic (exact) mass is 276 g/mol. The molecule has 96 valence electrons. The molecule has 0 aliphatic heterocycles. The van der Waals surface area contributed by atoms with Crippen LogP contribution >= 0.6 is 11.6 Å². The molecule has 18 heavy (non-hydrogen) atoms. The smallest absolute Gasteiger partial charge is 0.417 e. The summed E-state index contributed by atoms with van der Waals surface area (Å²) in [4.78, 5) is 0. The van der Waals surface area contributed by atoms with E-state index in [1.807, 2.05) is 0 Å². The highest BCUT2D eigenvalue weighted by Gasteiger charge is 2.34. The molecule has 3 nitrogen and oxygen atoms in total. The SMILES string of the molecule is FC(F)(F)c1ccccc1-c1nnc(CCCl)o1. The first-order chi connectivity index (χ1) is 8.52. The number of hydrogen-bond donors (Lipinski definition) is 0. The van der Waals surface area contributed by atoms with E-state index in [9.17, 15) is 13.2 Å². The Morgan fingerprint density at radius 1 is 1.17 bits per heavy atom. The second kappa shape index (κ2) is 4.97. The van der Waals surface area contributed by atoms with Crippen LogP contribution in [0.4, 0.5) is 13.2 Å². The minimum Gasteiger partial charge on any atom is -0.421 e. The van der Waals surface area contributed by atoms with Gasteiger partial charge in [-0.2, -0.15) is 13.2 Å². The Balaban J connectivity index is 2.43. The van der Waals surface area contributed by atoms with Crippen molar-refractivity contribution in [3.05, 3.63) is 35.7 Å². The van der Waals surface area contributed by atoms with Crippen LogP contribution in [0.25, 0.3) is 11.5 Å². The number of aromatic nitrogens is 2. The topological polar surface area (TPSA) is 38.9 Å². The molecule has 0 aliphatic carbocycles. The van der Waals surface area contributed by atoms with E-state index in [1.54, 1.807) is 0 Å². The fourth-order valence-corrected chi connectivity index (χ4v) is 1.62. The van der Waals surface area contributed by atoms with Crippen molar-refractivity contribution >= 4 is 11.6 Å². The average molecular weight is 277 g/mol. The Bertz CT molecular complexity index is 539. The van der Waals surface area contributed by atoms with E-state index in [2.05, 4.69) is 10.2 Å². The number of nitrogens with zero attached hydrogens (tertiary/aromatic N) is 2.